The topological polar surface area (TPSA) is 86.8 Å². The lowest BCUT2D eigenvalue weighted by Gasteiger charge is -2.47. The molecule has 1 aromatic rings. The molecule has 1 heterocycles. The van der Waals surface area contributed by atoms with E-state index >= 15 is 0 Å². The van der Waals surface area contributed by atoms with Crippen molar-refractivity contribution in [3.05, 3.63) is 29.6 Å². The zero-order chi connectivity index (χ0) is 22.1. The van der Waals surface area contributed by atoms with Gasteiger partial charge in [-0.3, -0.25) is 14.5 Å². The minimum absolute atomic E-state index is 0.00694. The second-order valence-corrected chi connectivity index (χ2v) is 10.7. The molecule has 0 unspecified atom stereocenters. The van der Waals surface area contributed by atoms with Crippen molar-refractivity contribution in [3.63, 3.8) is 0 Å². The zero-order valence-corrected chi connectivity index (χ0v) is 18.6. The normalized spacial score (nSPS) is 24.1. The van der Waals surface area contributed by atoms with Gasteiger partial charge in [-0.1, -0.05) is 19.3 Å². The van der Waals surface area contributed by atoms with Crippen molar-refractivity contribution in [2.75, 3.05) is 23.7 Å². The number of piperazine rings is 1. The van der Waals surface area contributed by atoms with Crippen molar-refractivity contribution in [3.8, 4) is 0 Å². The number of nitrogens with one attached hydrogen (secondary N) is 1. The highest BCUT2D eigenvalue weighted by Gasteiger charge is 2.51. The molecule has 2 aliphatic rings. The van der Waals surface area contributed by atoms with Gasteiger partial charge in [0.2, 0.25) is 21.8 Å². The molecule has 1 atom stereocenters. The molecule has 1 N–H and O–H groups in total. The molecule has 1 aromatic carbocycles. The van der Waals surface area contributed by atoms with Gasteiger partial charge in [0.25, 0.3) is 0 Å². The Morgan fingerprint density at radius 1 is 1.27 bits per heavy atom. The summed E-state index contributed by atoms with van der Waals surface area (Å²) in [6.45, 7) is 4.27. The summed E-state index contributed by atoms with van der Waals surface area (Å²) in [6, 6.07) is 4.02. The Hall–Kier alpha value is -2.00. The van der Waals surface area contributed by atoms with Gasteiger partial charge >= 0.3 is 0 Å². The Bertz CT molecular complexity index is 930. The van der Waals surface area contributed by atoms with Crippen LogP contribution in [0.15, 0.2) is 18.2 Å². The van der Waals surface area contributed by atoms with Crippen LogP contribution in [0.4, 0.5) is 10.1 Å². The first-order valence-corrected chi connectivity index (χ1v) is 12.1. The van der Waals surface area contributed by atoms with Gasteiger partial charge < -0.3 is 5.32 Å². The maximum absolute atomic E-state index is 13.7. The number of carbonyl (C=O) groups is 2. The predicted octanol–water partition coefficient (Wildman–Crippen LogP) is 2.34. The largest absolute Gasteiger partial charge is 0.351 e. The fraction of sp³-hybridized carbons (Fsp3) is 0.619. The zero-order valence-electron chi connectivity index (χ0n) is 17.8. The molecule has 3 rings (SSSR count). The van der Waals surface area contributed by atoms with E-state index in [-0.39, 0.29) is 30.8 Å². The van der Waals surface area contributed by atoms with Crippen molar-refractivity contribution in [2.45, 2.75) is 64.5 Å². The molecule has 0 bridgehead atoms. The van der Waals surface area contributed by atoms with Crippen molar-refractivity contribution in [1.82, 2.24) is 9.62 Å². The van der Waals surface area contributed by atoms with Gasteiger partial charge in [0.1, 0.15) is 11.4 Å². The van der Waals surface area contributed by atoms with E-state index in [1.807, 2.05) is 0 Å². The maximum Gasteiger partial charge on any atom is 0.247 e. The number of halogens is 1. The predicted molar refractivity (Wildman–Crippen MR) is 113 cm³/mol. The van der Waals surface area contributed by atoms with E-state index in [0.717, 1.165) is 36.4 Å². The average molecular weight is 440 g/mol. The fourth-order valence-electron chi connectivity index (χ4n) is 4.38. The summed E-state index contributed by atoms with van der Waals surface area (Å²) in [5.74, 6) is -1.49. The van der Waals surface area contributed by atoms with Crippen LogP contribution in [0.5, 0.6) is 0 Å². The van der Waals surface area contributed by atoms with Crippen LogP contribution in [0.2, 0.25) is 0 Å². The van der Waals surface area contributed by atoms with Crippen LogP contribution in [0, 0.1) is 12.7 Å². The molecule has 1 aliphatic heterocycles. The van der Waals surface area contributed by atoms with Crippen LogP contribution in [0.1, 0.15) is 51.5 Å². The van der Waals surface area contributed by atoms with Gasteiger partial charge in [-0.25, -0.2) is 12.8 Å². The summed E-state index contributed by atoms with van der Waals surface area (Å²) in [4.78, 5) is 28.0. The van der Waals surface area contributed by atoms with Gasteiger partial charge in [0, 0.05) is 18.3 Å². The number of sulfonamides is 1. The summed E-state index contributed by atoms with van der Waals surface area (Å²) in [5.41, 5.74) is -0.527. The number of nitrogens with zero attached hydrogens (tertiary/aromatic N) is 2. The summed E-state index contributed by atoms with van der Waals surface area (Å²) >= 11 is 0. The minimum atomic E-state index is -3.67. The minimum Gasteiger partial charge on any atom is -0.351 e. The molecule has 30 heavy (non-hydrogen) atoms. The van der Waals surface area contributed by atoms with Crippen molar-refractivity contribution < 1.29 is 22.4 Å². The SMILES string of the molecule is CCS(=O)(=O)N1CC(=O)N(c2ccc(F)cc2C)[C@](C)(C(=O)NC2CCCCC2)C1. The molecule has 9 heteroatoms. The smallest absolute Gasteiger partial charge is 0.247 e. The highest BCUT2D eigenvalue weighted by Crippen LogP contribution is 2.33. The van der Waals surface area contributed by atoms with Gasteiger partial charge in [-0.2, -0.15) is 4.31 Å². The first-order valence-electron chi connectivity index (χ1n) is 10.5. The number of amides is 2. The average Bonchev–Trinajstić information content (AvgIpc) is 2.69. The maximum atomic E-state index is 13.7. The molecule has 1 saturated heterocycles. The molecule has 7 nitrogen and oxygen atoms in total. The van der Waals surface area contributed by atoms with Crippen LogP contribution in [0.25, 0.3) is 0 Å². The van der Waals surface area contributed by atoms with Crippen LogP contribution >= 0.6 is 0 Å². The van der Waals surface area contributed by atoms with Gasteiger partial charge in [0.15, 0.2) is 0 Å². The van der Waals surface area contributed by atoms with Crippen LogP contribution in [-0.4, -0.2) is 55.0 Å². The number of carbonyl (C=O) groups excluding carboxylic acids is 2. The number of hydrogen-bond acceptors (Lipinski definition) is 4. The second kappa shape index (κ2) is 8.63. The van der Waals surface area contributed by atoms with Gasteiger partial charge in [-0.15, -0.1) is 0 Å². The molecular formula is C21H30FN3O4S. The highest BCUT2D eigenvalue weighted by atomic mass is 32.2. The van der Waals surface area contributed by atoms with E-state index in [2.05, 4.69) is 5.32 Å². The van der Waals surface area contributed by atoms with Crippen molar-refractivity contribution in [2.24, 2.45) is 0 Å². The number of benzene rings is 1. The van der Waals surface area contributed by atoms with Crippen LogP contribution in [0.3, 0.4) is 0 Å². The summed E-state index contributed by atoms with van der Waals surface area (Å²) in [7, 11) is -3.67. The van der Waals surface area contributed by atoms with E-state index in [1.54, 1.807) is 13.8 Å². The van der Waals surface area contributed by atoms with E-state index in [4.69, 9.17) is 0 Å². The quantitative estimate of drug-likeness (QED) is 0.763. The van der Waals surface area contributed by atoms with Crippen molar-refractivity contribution in [1.29, 1.82) is 0 Å². The first-order chi connectivity index (χ1) is 14.1. The molecule has 0 spiro atoms. The van der Waals surface area contributed by atoms with E-state index in [1.165, 1.54) is 30.0 Å². The number of aryl methyl sites for hydroxylation is 1. The van der Waals surface area contributed by atoms with Crippen molar-refractivity contribution >= 4 is 27.5 Å². The summed E-state index contributed by atoms with van der Waals surface area (Å²) in [6.07, 6.45) is 4.91. The Morgan fingerprint density at radius 3 is 2.53 bits per heavy atom. The first kappa shape index (κ1) is 22.7. The third-order valence-corrected chi connectivity index (χ3v) is 7.90. The Morgan fingerprint density at radius 2 is 1.93 bits per heavy atom. The lowest BCUT2D eigenvalue weighted by Crippen LogP contribution is -2.71. The van der Waals surface area contributed by atoms with Crippen LogP contribution < -0.4 is 10.2 Å². The molecular weight excluding hydrogens is 409 g/mol. The number of rotatable bonds is 5. The molecule has 166 valence electrons. The lowest BCUT2D eigenvalue weighted by atomic mass is 9.91. The van der Waals surface area contributed by atoms with Gasteiger partial charge in [0.05, 0.1) is 12.3 Å². The van der Waals surface area contributed by atoms with E-state index < -0.39 is 27.3 Å². The summed E-state index contributed by atoms with van der Waals surface area (Å²) in [5, 5.41) is 3.04. The molecule has 2 fully saturated rings. The highest BCUT2D eigenvalue weighted by molar-refractivity contribution is 7.89. The van der Waals surface area contributed by atoms with Gasteiger partial charge in [-0.05, 0) is 57.4 Å². The fourth-order valence-corrected chi connectivity index (χ4v) is 5.50. The monoisotopic (exact) mass is 439 g/mol. The Balaban J connectivity index is 2.02. The molecule has 1 saturated carbocycles. The summed E-state index contributed by atoms with van der Waals surface area (Å²) < 4.78 is 39.8. The molecule has 0 aromatic heterocycles. The van der Waals surface area contributed by atoms with Crippen LogP contribution in [-0.2, 0) is 19.6 Å². The number of anilines is 1. The third kappa shape index (κ3) is 4.37. The van der Waals surface area contributed by atoms with E-state index in [0.29, 0.717) is 11.3 Å². The molecule has 1 aliphatic carbocycles. The standard InChI is InChI=1S/C21H30FN3O4S/c1-4-30(28,29)24-13-19(26)25(18-11-10-16(22)12-15(18)2)21(3,14-24)20(27)23-17-8-6-5-7-9-17/h10-12,17H,4-9,13-14H2,1-3H3,(H,23,27)/t21-/m0/s1. The van der Waals surface area contributed by atoms with E-state index in [9.17, 15) is 22.4 Å². The molecule has 0 radical (unpaired) electrons. The second-order valence-electron chi connectivity index (χ2n) is 8.41. The molecule has 2 amide bonds. The Labute approximate surface area is 177 Å². The lowest BCUT2D eigenvalue weighted by molar-refractivity contribution is -0.133. The number of hydrogen-bond donors (Lipinski definition) is 1. The third-order valence-electron chi connectivity index (χ3n) is 6.13. The Kier molecular flexibility index (Phi) is 6.52.